The van der Waals surface area contributed by atoms with Gasteiger partial charge in [0.05, 0.1) is 33.0 Å². The predicted molar refractivity (Wildman–Crippen MR) is 213 cm³/mol. The maximum absolute atomic E-state index is 12.6. The van der Waals surface area contributed by atoms with Gasteiger partial charge in [-0.1, -0.05) is 0 Å². The second-order valence-electron chi connectivity index (χ2n) is 16.9. The third kappa shape index (κ3) is 12.7. The van der Waals surface area contributed by atoms with Gasteiger partial charge in [0.15, 0.2) is 31.5 Å². The quantitative estimate of drug-likeness (QED) is 0.0643. The molecule has 68 heavy (non-hydrogen) atoms. The number of amides is 4. The van der Waals surface area contributed by atoms with Crippen molar-refractivity contribution in [3.05, 3.63) is 0 Å². The van der Waals surface area contributed by atoms with Crippen LogP contribution in [0.15, 0.2) is 0 Å². The topological polar surface area (TPSA) is 462 Å². The Kier molecular flexibility index (Phi) is 20.1. The molecule has 0 bridgehead atoms. The van der Waals surface area contributed by atoms with Gasteiger partial charge in [-0.3, -0.25) is 19.2 Å². The summed E-state index contributed by atoms with van der Waals surface area (Å²) in [4.78, 5) is 48.6. The van der Waals surface area contributed by atoms with Crippen LogP contribution in [0.4, 0.5) is 0 Å². The van der Waals surface area contributed by atoms with E-state index in [4.69, 9.17) is 42.6 Å². The van der Waals surface area contributed by atoms with Crippen molar-refractivity contribution in [1.82, 2.24) is 21.3 Å². The van der Waals surface area contributed by atoms with Gasteiger partial charge in [0.25, 0.3) is 0 Å². The summed E-state index contributed by atoms with van der Waals surface area (Å²) in [6.07, 6.45) is -37.2. The lowest BCUT2D eigenvalue weighted by atomic mass is 9.93. The summed E-state index contributed by atoms with van der Waals surface area (Å²) in [5.74, 6) is -2.93. The van der Waals surface area contributed by atoms with Crippen molar-refractivity contribution in [1.29, 1.82) is 0 Å². The highest BCUT2D eigenvalue weighted by Gasteiger charge is 2.56. The monoisotopic (exact) mass is 992 g/mol. The summed E-state index contributed by atoms with van der Waals surface area (Å²) < 4.78 is 51.9. The zero-order chi connectivity index (χ0) is 50.5. The fraction of sp³-hybridized carbons (Fsp3) is 0.895. The Labute approximate surface area is 386 Å². The van der Waals surface area contributed by atoms with Crippen molar-refractivity contribution in [3.63, 3.8) is 0 Å². The van der Waals surface area contributed by atoms with E-state index in [0.717, 1.165) is 27.7 Å². The van der Waals surface area contributed by atoms with E-state index >= 15 is 0 Å². The van der Waals surface area contributed by atoms with Crippen LogP contribution >= 0.6 is 0 Å². The van der Waals surface area contributed by atoms with Crippen LogP contribution in [0, 0.1) is 0 Å². The molecule has 5 aliphatic heterocycles. The number of hydrogen-bond donors (Lipinski definition) is 17. The third-order valence-electron chi connectivity index (χ3n) is 11.9. The van der Waals surface area contributed by atoms with Crippen LogP contribution in [0.25, 0.3) is 0 Å². The number of aliphatic hydroxyl groups is 13. The molecular weight excluding hydrogens is 928 g/mol. The Bertz CT molecular complexity index is 1670. The normalized spacial score (nSPS) is 45.5. The SMILES string of the molecule is CC(=O)N[C@@H]1[C@@H](O)[C@@H](O)[C@@H](CO[C@@H]2O[C@H](CO)[C@@H](O)[C@H](O[C@@H]3O[C@H](CO)[C@@H](O[C@@H]4O[C@H](CO)[C@H](O[C@H]5O[C@H](CO)[C@@H](O)[C@H](O)[C@H]5NC(C)=O)[C@H](O)[C@H]4O)[C@H](O)[C@H]3NC(C)=O)[C@H]2NC(C)=O)O[C@@H]1O. The summed E-state index contributed by atoms with van der Waals surface area (Å²) in [6, 6.07) is -6.22. The fourth-order valence-corrected chi connectivity index (χ4v) is 8.55. The van der Waals surface area contributed by atoms with Gasteiger partial charge in [-0.15, -0.1) is 0 Å². The van der Waals surface area contributed by atoms with Crippen LogP contribution in [0.3, 0.4) is 0 Å². The number of rotatable bonds is 17. The van der Waals surface area contributed by atoms with Crippen molar-refractivity contribution < 1.29 is 128 Å². The smallest absolute Gasteiger partial charge is 0.217 e. The molecule has 17 N–H and O–H groups in total. The minimum atomic E-state index is -2.12. The molecule has 0 aromatic carbocycles. The van der Waals surface area contributed by atoms with E-state index in [-0.39, 0.29) is 0 Å². The first-order valence-corrected chi connectivity index (χ1v) is 21.6. The Morgan fingerprint density at radius 3 is 1.29 bits per heavy atom. The number of aliphatic hydroxyl groups excluding tert-OH is 13. The van der Waals surface area contributed by atoms with Gasteiger partial charge >= 0.3 is 0 Å². The predicted octanol–water partition coefficient (Wildman–Crippen LogP) is -11.3. The van der Waals surface area contributed by atoms with Crippen molar-refractivity contribution in [3.8, 4) is 0 Å². The summed E-state index contributed by atoms with van der Waals surface area (Å²) in [6.45, 7) is -0.106. The number of carbonyl (C=O) groups is 4. The van der Waals surface area contributed by atoms with E-state index in [0.29, 0.717) is 0 Å². The molecule has 0 aromatic rings. The Hall–Kier alpha value is -3.00. The maximum Gasteiger partial charge on any atom is 0.217 e. The molecule has 0 aliphatic carbocycles. The van der Waals surface area contributed by atoms with Crippen molar-refractivity contribution in [2.45, 2.75) is 181 Å². The van der Waals surface area contributed by atoms with E-state index in [1.807, 2.05) is 0 Å². The number of carbonyl (C=O) groups excluding carboxylic acids is 4. The largest absolute Gasteiger partial charge is 0.394 e. The molecule has 5 aliphatic rings. The molecular formula is C38H64N4O26. The molecule has 30 heteroatoms. The maximum atomic E-state index is 12.6. The van der Waals surface area contributed by atoms with E-state index in [1.165, 1.54) is 0 Å². The molecule has 5 fully saturated rings. The third-order valence-corrected chi connectivity index (χ3v) is 11.9. The average molecular weight is 993 g/mol. The van der Waals surface area contributed by atoms with Crippen LogP contribution in [0.1, 0.15) is 27.7 Å². The van der Waals surface area contributed by atoms with Crippen LogP contribution < -0.4 is 21.3 Å². The molecule has 0 saturated carbocycles. The molecule has 392 valence electrons. The lowest BCUT2D eigenvalue weighted by Gasteiger charge is -2.50. The highest BCUT2D eigenvalue weighted by molar-refractivity contribution is 5.74. The standard InChI is InChI=1S/C38H64N4O26/c1-10(47)39-19-26(54)24(52)18(61-34(19)59)9-60-35-22(42-13(4)50)33(25(53)15(6-44)62-35)68-37-21(41-12(3)49)28(56)31(16(7-45)64-37)67-38-30(58)29(57)32(17(8-46)65-38)66-36-20(40-11(2)48)27(55)23(51)14(5-43)63-36/h14-38,43-46,51-59H,5-9H2,1-4H3,(H,39,47)(H,40,48)(H,41,49)(H,42,50)/t14-,15-,16-,17-,18-,19-,20-,21-,22-,23-,24+,25-,26-,27-,28-,29-,30-,31-,32+,33-,34+,35-,36-,37+,38+/m1/s1. The van der Waals surface area contributed by atoms with Gasteiger partial charge in [0.1, 0.15) is 122 Å². The van der Waals surface area contributed by atoms with Crippen molar-refractivity contribution in [2.75, 3.05) is 33.0 Å². The van der Waals surface area contributed by atoms with Gasteiger partial charge in [-0.2, -0.15) is 0 Å². The molecule has 30 nitrogen and oxygen atoms in total. The minimum absolute atomic E-state index is 0.653. The molecule has 0 aromatic heterocycles. The van der Waals surface area contributed by atoms with Crippen LogP contribution in [0.5, 0.6) is 0 Å². The first-order valence-electron chi connectivity index (χ1n) is 21.6. The van der Waals surface area contributed by atoms with Crippen molar-refractivity contribution >= 4 is 23.6 Å². The first-order chi connectivity index (χ1) is 32.1. The summed E-state index contributed by atoms with van der Waals surface area (Å²) in [5, 5.41) is 149. The van der Waals surface area contributed by atoms with E-state index in [2.05, 4.69) is 21.3 Å². The summed E-state index contributed by atoms with van der Waals surface area (Å²) >= 11 is 0. The molecule has 0 spiro atoms. The molecule has 5 heterocycles. The lowest BCUT2D eigenvalue weighted by Crippen LogP contribution is -2.71. The molecule has 5 rings (SSSR count). The van der Waals surface area contributed by atoms with Crippen LogP contribution in [0.2, 0.25) is 0 Å². The van der Waals surface area contributed by atoms with Crippen LogP contribution in [-0.2, 0) is 61.8 Å². The van der Waals surface area contributed by atoms with Gasteiger partial charge in [0, 0.05) is 27.7 Å². The Morgan fingerprint density at radius 2 is 0.765 bits per heavy atom. The lowest BCUT2D eigenvalue weighted by molar-refractivity contribution is -0.373. The molecule has 25 atom stereocenters. The Balaban J connectivity index is 1.34. The molecule has 5 saturated heterocycles. The van der Waals surface area contributed by atoms with E-state index in [1.54, 1.807) is 0 Å². The minimum Gasteiger partial charge on any atom is -0.394 e. The van der Waals surface area contributed by atoms with Crippen LogP contribution in [-0.4, -0.2) is 276 Å². The Morgan fingerprint density at radius 1 is 0.382 bits per heavy atom. The number of nitrogens with one attached hydrogen (secondary N) is 4. The zero-order valence-corrected chi connectivity index (χ0v) is 37.1. The summed E-state index contributed by atoms with van der Waals surface area (Å²) in [7, 11) is 0. The zero-order valence-electron chi connectivity index (χ0n) is 37.1. The number of ether oxygens (including phenoxy) is 9. The van der Waals surface area contributed by atoms with Gasteiger partial charge in [-0.25, -0.2) is 0 Å². The van der Waals surface area contributed by atoms with E-state index < -0.39 is 210 Å². The van der Waals surface area contributed by atoms with E-state index in [9.17, 15) is 85.6 Å². The fourth-order valence-electron chi connectivity index (χ4n) is 8.55. The molecule has 0 unspecified atom stereocenters. The number of hydrogen-bond acceptors (Lipinski definition) is 26. The second kappa shape index (κ2) is 24.4. The highest BCUT2D eigenvalue weighted by Crippen LogP contribution is 2.35. The molecule has 0 radical (unpaired) electrons. The van der Waals surface area contributed by atoms with Gasteiger partial charge < -0.3 is 130 Å². The summed E-state index contributed by atoms with van der Waals surface area (Å²) in [5.41, 5.74) is 0. The first kappa shape index (κ1) is 55.9. The average Bonchev–Trinajstić information content (AvgIpc) is 3.28. The van der Waals surface area contributed by atoms with Crippen molar-refractivity contribution in [2.24, 2.45) is 0 Å². The molecule has 4 amide bonds. The highest BCUT2D eigenvalue weighted by atomic mass is 16.8. The van der Waals surface area contributed by atoms with Gasteiger partial charge in [-0.05, 0) is 0 Å². The second-order valence-corrected chi connectivity index (χ2v) is 16.9. The van der Waals surface area contributed by atoms with Gasteiger partial charge in [0.2, 0.25) is 23.6 Å².